The van der Waals surface area contributed by atoms with E-state index in [9.17, 15) is 19.2 Å². The summed E-state index contributed by atoms with van der Waals surface area (Å²) in [6.07, 6.45) is 1.83. The third-order valence-corrected chi connectivity index (χ3v) is 8.71. The van der Waals surface area contributed by atoms with Crippen molar-refractivity contribution >= 4 is 58.3 Å². The number of fused-ring (bicyclic) bond motifs is 5. The van der Waals surface area contributed by atoms with Crippen molar-refractivity contribution in [2.24, 2.45) is 23.7 Å². The van der Waals surface area contributed by atoms with Crippen LogP contribution in [0.3, 0.4) is 0 Å². The average molecular weight is 563 g/mol. The van der Waals surface area contributed by atoms with Gasteiger partial charge in [-0.3, -0.25) is 19.3 Å². The summed E-state index contributed by atoms with van der Waals surface area (Å²) >= 11 is 12.0. The number of esters is 1. The van der Waals surface area contributed by atoms with Crippen LogP contribution in [0.1, 0.15) is 34.7 Å². The number of carbonyl (C=O) groups is 4. The molecular formula is C30H24Cl2N2O5. The van der Waals surface area contributed by atoms with Crippen molar-refractivity contribution < 1.29 is 23.9 Å². The number of hydrogen-bond acceptors (Lipinski definition) is 5. The number of hydrogen-bond donors (Lipinski definition) is 1. The number of amides is 3. The van der Waals surface area contributed by atoms with Crippen LogP contribution in [0.15, 0.2) is 72.8 Å². The van der Waals surface area contributed by atoms with E-state index in [1.54, 1.807) is 24.3 Å². The first-order valence-corrected chi connectivity index (χ1v) is 13.5. The zero-order valence-corrected chi connectivity index (χ0v) is 22.2. The molecule has 1 N–H and O–H groups in total. The van der Waals surface area contributed by atoms with E-state index < -0.39 is 18.5 Å². The van der Waals surface area contributed by atoms with Crippen molar-refractivity contribution in [3.05, 3.63) is 94.0 Å². The molecule has 39 heavy (non-hydrogen) atoms. The largest absolute Gasteiger partial charge is 0.452 e. The van der Waals surface area contributed by atoms with Gasteiger partial charge in [-0.15, -0.1) is 0 Å². The van der Waals surface area contributed by atoms with Gasteiger partial charge in [0.1, 0.15) is 0 Å². The lowest BCUT2D eigenvalue weighted by atomic mass is 9.73. The Bertz CT molecular complexity index is 1480. The molecule has 1 saturated heterocycles. The van der Waals surface area contributed by atoms with Gasteiger partial charge in [-0.2, -0.15) is 0 Å². The monoisotopic (exact) mass is 562 g/mol. The zero-order valence-electron chi connectivity index (χ0n) is 20.7. The second-order valence-corrected chi connectivity index (χ2v) is 11.1. The Morgan fingerprint density at radius 3 is 2.36 bits per heavy atom. The van der Waals surface area contributed by atoms with Crippen molar-refractivity contribution in [3.8, 4) is 0 Å². The minimum absolute atomic E-state index is 0.157. The van der Waals surface area contributed by atoms with E-state index in [-0.39, 0.29) is 41.0 Å². The third-order valence-electron chi connectivity index (χ3n) is 8.14. The lowest BCUT2D eigenvalue weighted by Crippen LogP contribution is -2.33. The lowest BCUT2D eigenvalue weighted by Gasteiger charge is -2.28. The molecule has 3 aromatic rings. The van der Waals surface area contributed by atoms with E-state index in [1.165, 1.54) is 28.7 Å². The Hall–Kier alpha value is -3.68. The highest BCUT2D eigenvalue weighted by Gasteiger charge is 2.64. The van der Waals surface area contributed by atoms with Crippen LogP contribution in [0.5, 0.6) is 0 Å². The second-order valence-electron chi connectivity index (χ2n) is 10.3. The van der Waals surface area contributed by atoms with Gasteiger partial charge in [0.2, 0.25) is 11.8 Å². The Morgan fingerprint density at radius 1 is 0.897 bits per heavy atom. The molecule has 1 heterocycles. The smallest absolute Gasteiger partial charge is 0.338 e. The van der Waals surface area contributed by atoms with E-state index in [0.29, 0.717) is 27.3 Å². The highest BCUT2D eigenvalue weighted by atomic mass is 35.5. The highest BCUT2D eigenvalue weighted by Crippen LogP contribution is 2.61. The van der Waals surface area contributed by atoms with Gasteiger partial charge in [0, 0.05) is 5.02 Å². The summed E-state index contributed by atoms with van der Waals surface area (Å²) in [6.45, 7) is -0.527. The standard InChI is InChI=1S/C30H24Cl2N2O5/c31-19-8-11-23(32)24(14-19)33-25(35)15-39-30(38)17-6-9-20(10-7-17)34-28(36)26-18-12-21(16-4-2-1-3-5-16)22(13-18)27(26)29(34)37/h1-11,14,18,21-22,26-27H,12-13,15H2,(H,33,35)/t18-,21+,22+,26+,27-/m0/s1. The number of ether oxygens (including phenoxy) is 1. The number of benzene rings is 3. The predicted octanol–water partition coefficient (Wildman–Crippen LogP) is 5.72. The summed E-state index contributed by atoms with van der Waals surface area (Å²) in [4.78, 5) is 52.9. The van der Waals surface area contributed by atoms with Gasteiger partial charge in [0.05, 0.1) is 33.8 Å². The summed E-state index contributed by atoms with van der Waals surface area (Å²) in [5.41, 5.74) is 2.16. The van der Waals surface area contributed by atoms with Crippen LogP contribution < -0.4 is 10.2 Å². The number of imide groups is 1. The molecule has 3 aromatic carbocycles. The fraction of sp³-hybridized carbons (Fsp3) is 0.267. The van der Waals surface area contributed by atoms with Crippen molar-refractivity contribution in [1.29, 1.82) is 0 Å². The van der Waals surface area contributed by atoms with Gasteiger partial charge in [-0.05, 0) is 78.6 Å². The fourth-order valence-corrected chi connectivity index (χ4v) is 6.87. The van der Waals surface area contributed by atoms with Crippen molar-refractivity contribution in [3.63, 3.8) is 0 Å². The second kappa shape index (κ2) is 10.1. The van der Waals surface area contributed by atoms with Gasteiger partial charge in [-0.25, -0.2) is 4.79 Å². The highest BCUT2D eigenvalue weighted by molar-refractivity contribution is 6.35. The molecule has 0 radical (unpaired) electrons. The number of halogens is 2. The Labute approximate surface area is 235 Å². The first-order chi connectivity index (χ1) is 18.8. The Kier molecular flexibility index (Phi) is 6.65. The molecule has 7 nitrogen and oxygen atoms in total. The summed E-state index contributed by atoms with van der Waals surface area (Å²) in [5, 5.41) is 3.24. The molecule has 2 bridgehead atoms. The van der Waals surface area contributed by atoms with Gasteiger partial charge in [-0.1, -0.05) is 53.5 Å². The molecule has 0 spiro atoms. The molecule has 2 aliphatic carbocycles. The van der Waals surface area contributed by atoms with E-state index in [4.69, 9.17) is 27.9 Å². The minimum Gasteiger partial charge on any atom is -0.452 e. The molecule has 3 amide bonds. The van der Waals surface area contributed by atoms with Crippen LogP contribution in [-0.4, -0.2) is 30.3 Å². The van der Waals surface area contributed by atoms with Crippen molar-refractivity contribution in [2.45, 2.75) is 18.8 Å². The van der Waals surface area contributed by atoms with E-state index in [0.717, 1.165) is 12.8 Å². The number of nitrogens with zero attached hydrogens (tertiary/aromatic N) is 1. The molecular weight excluding hydrogens is 539 g/mol. The molecule has 2 saturated carbocycles. The van der Waals surface area contributed by atoms with Crippen LogP contribution in [0, 0.1) is 23.7 Å². The molecule has 0 unspecified atom stereocenters. The van der Waals surface area contributed by atoms with E-state index in [1.807, 2.05) is 18.2 Å². The minimum atomic E-state index is -0.714. The molecule has 198 valence electrons. The summed E-state index contributed by atoms with van der Waals surface area (Å²) in [7, 11) is 0. The maximum absolute atomic E-state index is 13.5. The topological polar surface area (TPSA) is 92.8 Å². The fourth-order valence-electron chi connectivity index (χ4n) is 6.54. The van der Waals surface area contributed by atoms with E-state index >= 15 is 0 Å². The van der Waals surface area contributed by atoms with Crippen LogP contribution >= 0.6 is 23.2 Å². The molecule has 6 rings (SSSR count). The number of rotatable bonds is 6. The molecule has 9 heteroatoms. The first-order valence-electron chi connectivity index (χ1n) is 12.8. The Morgan fingerprint density at radius 2 is 1.62 bits per heavy atom. The zero-order chi connectivity index (χ0) is 27.3. The van der Waals surface area contributed by atoms with Gasteiger partial charge in [0.25, 0.3) is 5.91 Å². The predicted molar refractivity (Wildman–Crippen MR) is 147 cm³/mol. The summed E-state index contributed by atoms with van der Waals surface area (Å²) < 4.78 is 5.12. The van der Waals surface area contributed by atoms with Gasteiger partial charge in [0.15, 0.2) is 6.61 Å². The maximum Gasteiger partial charge on any atom is 0.338 e. The third kappa shape index (κ3) is 4.60. The molecule has 3 aliphatic rings. The lowest BCUT2D eigenvalue weighted by molar-refractivity contribution is -0.123. The van der Waals surface area contributed by atoms with Crippen molar-refractivity contribution in [1.82, 2.24) is 0 Å². The Balaban J connectivity index is 1.10. The molecule has 0 aromatic heterocycles. The summed E-state index contributed by atoms with van der Waals surface area (Å²) in [6, 6.07) is 20.9. The number of anilines is 2. The van der Waals surface area contributed by atoms with Crippen LogP contribution in [0.2, 0.25) is 10.0 Å². The molecule has 5 atom stereocenters. The molecule has 1 aliphatic heterocycles. The quantitative estimate of drug-likeness (QED) is 0.306. The average Bonchev–Trinajstić information content (AvgIpc) is 3.61. The SMILES string of the molecule is O=C(COC(=O)c1ccc(N2C(=O)[C@@H]3[C@@H]4C[C@@H]([C@@H]3C2=O)[C@@H](c2ccccc2)C4)cc1)Nc1cc(Cl)ccc1Cl. The number of nitrogens with one attached hydrogen (secondary N) is 1. The summed E-state index contributed by atoms with van der Waals surface area (Å²) in [5.74, 6) is -1.55. The van der Waals surface area contributed by atoms with Crippen molar-refractivity contribution in [2.75, 3.05) is 16.8 Å². The first kappa shape index (κ1) is 25.6. The molecule has 3 fully saturated rings. The maximum atomic E-state index is 13.5. The van der Waals surface area contributed by atoms with Crippen LogP contribution in [-0.2, 0) is 19.1 Å². The van der Waals surface area contributed by atoms with Gasteiger partial charge < -0.3 is 10.1 Å². The van der Waals surface area contributed by atoms with Crippen LogP contribution in [0.25, 0.3) is 0 Å². The normalized spacial score (nSPS) is 25.1. The van der Waals surface area contributed by atoms with E-state index in [2.05, 4.69) is 17.4 Å². The van der Waals surface area contributed by atoms with Crippen LogP contribution in [0.4, 0.5) is 11.4 Å². The number of carbonyl (C=O) groups excluding carboxylic acids is 4. The van der Waals surface area contributed by atoms with Gasteiger partial charge >= 0.3 is 5.97 Å².